The van der Waals surface area contributed by atoms with Crippen LogP contribution in [0.25, 0.3) is 0 Å². The van der Waals surface area contributed by atoms with Crippen LogP contribution in [0.4, 0.5) is 0 Å². The molecule has 2 aromatic rings. The molecular weight excluding hydrogens is 400 g/mol. The van der Waals surface area contributed by atoms with Crippen LogP contribution in [0.3, 0.4) is 0 Å². The fourth-order valence-electron chi connectivity index (χ4n) is 4.78. The number of halogens is 1. The van der Waals surface area contributed by atoms with E-state index in [-0.39, 0.29) is 12.1 Å². The topological polar surface area (TPSA) is 53.3 Å². The molecule has 0 saturated heterocycles. The van der Waals surface area contributed by atoms with E-state index in [4.69, 9.17) is 21.1 Å². The third-order valence-corrected chi connectivity index (χ3v) is 6.71. The normalized spacial score (nSPS) is 20.8. The molecule has 5 nitrogen and oxygen atoms in total. The molecule has 1 aromatic heterocycles. The molecule has 0 atom stereocenters. The van der Waals surface area contributed by atoms with Crippen molar-refractivity contribution in [3.63, 3.8) is 0 Å². The molecule has 0 spiro atoms. The summed E-state index contributed by atoms with van der Waals surface area (Å²) in [7, 11) is 0. The van der Waals surface area contributed by atoms with E-state index < -0.39 is 0 Å². The quantitative estimate of drug-likeness (QED) is 0.541. The van der Waals surface area contributed by atoms with Gasteiger partial charge in [0, 0.05) is 17.8 Å². The van der Waals surface area contributed by atoms with Gasteiger partial charge in [-0.05, 0) is 88.8 Å². The van der Waals surface area contributed by atoms with Gasteiger partial charge in [-0.1, -0.05) is 17.7 Å². The molecule has 4 rings (SSSR count). The first-order valence-corrected chi connectivity index (χ1v) is 11.6. The number of ether oxygens (including phenoxy) is 2. The van der Waals surface area contributed by atoms with Crippen LogP contribution in [0.5, 0.6) is 5.75 Å². The Morgan fingerprint density at radius 3 is 2.80 bits per heavy atom. The maximum atomic E-state index is 12.2. The Kier molecular flexibility index (Phi) is 6.67. The highest BCUT2D eigenvalue weighted by Crippen LogP contribution is 2.33. The molecule has 0 unspecified atom stereocenters. The minimum absolute atomic E-state index is 0.241. The number of aromatic nitrogens is 2. The van der Waals surface area contributed by atoms with E-state index in [0.29, 0.717) is 23.2 Å². The van der Waals surface area contributed by atoms with E-state index in [2.05, 4.69) is 16.7 Å². The molecule has 1 saturated carbocycles. The molecule has 1 fully saturated rings. The number of fused-ring (bicyclic) bond motifs is 1. The van der Waals surface area contributed by atoms with E-state index in [1.165, 1.54) is 5.69 Å². The summed E-state index contributed by atoms with van der Waals surface area (Å²) in [6, 6.07) is 5.93. The van der Waals surface area contributed by atoms with Crippen LogP contribution in [0.1, 0.15) is 72.8 Å². The van der Waals surface area contributed by atoms with Crippen LogP contribution in [0.2, 0.25) is 5.02 Å². The van der Waals surface area contributed by atoms with Gasteiger partial charge < -0.3 is 9.47 Å². The number of nitrogens with zero attached hydrogens (tertiary/aromatic N) is 2. The molecular formula is C24H31ClN2O3. The number of benzene rings is 1. The monoisotopic (exact) mass is 430 g/mol. The summed E-state index contributed by atoms with van der Waals surface area (Å²) < 4.78 is 13.5. The Morgan fingerprint density at radius 2 is 2.03 bits per heavy atom. The first kappa shape index (κ1) is 21.2. The predicted molar refractivity (Wildman–Crippen MR) is 117 cm³/mol. The molecule has 6 heteroatoms. The van der Waals surface area contributed by atoms with Crippen LogP contribution < -0.4 is 4.74 Å². The Hall–Kier alpha value is -2.01. The molecule has 0 bridgehead atoms. The summed E-state index contributed by atoms with van der Waals surface area (Å²) in [5.41, 5.74) is 4.05. The van der Waals surface area contributed by atoms with Crippen molar-refractivity contribution < 1.29 is 14.3 Å². The van der Waals surface area contributed by atoms with E-state index in [1.807, 2.05) is 25.1 Å². The summed E-state index contributed by atoms with van der Waals surface area (Å²) in [6.45, 7) is 5.16. The second-order valence-corrected chi connectivity index (χ2v) is 8.96. The zero-order valence-electron chi connectivity index (χ0n) is 18.0. The summed E-state index contributed by atoms with van der Waals surface area (Å²) in [5.74, 6) is 1.20. The molecule has 2 aliphatic carbocycles. The molecule has 0 amide bonds. The minimum atomic E-state index is -0.276. The number of aryl methyl sites for hydroxylation is 2. The second-order valence-electron chi connectivity index (χ2n) is 8.55. The van der Waals surface area contributed by atoms with Gasteiger partial charge in [-0.2, -0.15) is 5.10 Å². The zero-order valence-corrected chi connectivity index (χ0v) is 18.7. The molecule has 1 heterocycles. The van der Waals surface area contributed by atoms with E-state index in [0.717, 1.165) is 74.8 Å². The van der Waals surface area contributed by atoms with Crippen LogP contribution in [0, 0.1) is 12.8 Å². The Labute approximate surface area is 183 Å². The first-order chi connectivity index (χ1) is 14.5. The predicted octanol–water partition coefficient (Wildman–Crippen LogP) is 5.54. The van der Waals surface area contributed by atoms with Crippen LogP contribution >= 0.6 is 11.6 Å². The molecule has 162 valence electrons. The van der Waals surface area contributed by atoms with Crippen molar-refractivity contribution in [1.29, 1.82) is 0 Å². The Bertz CT molecular complexity index is 900. The average molecular weight is 431 g/mol. The van der Waals surface area contributed by atoms with Gasteiger partial charge in [0.05, 0.1) is 17.7 Å². The highest BCUT2D eigenvalue weighted by molar-refractivity contribution is 6.32. The van der Waals surface area contributed by atoms with Gasteiger partial charge in [-0.15, -0.1) is 0 Å². The lowest BCUT2D eigenvalue weighted by Gasteiger charge is -2.29. The van der Waals surface area contributed by atoms with Gasteiger partial charge in [0.25, 0.3) is 0 Å². The molecule has 2 aliphatic rings. The summed E-state index contributed by atoms with van der Waals surface area (Å²) in [5, 5.41) is 5.31. The fourth-order valence-corrected chi connectivity index (χ4v) is 4.94. The Balaban J connectivity index is 1.31. The fraction of sp³-hybridized carbons (Fsp3) is 0.583. The average Bonchev–Trinajstić information content (AvgIpc) is 3.33. The number of hydrogen-bond donors (Lipinski definition) is 0. The standard InChI is InChI=1S/C24H31ClN2O3/c1-3-29-24(28)23-19-5-4-6-21(19)27(26-23)14-13-17-8-10-18(11-9-17)30-22-15-16(2)7-12-20(22)25/h7,12,15,17-18H,3-6,8-11,13-14H2,1-2H3. The van der Waals surface area contributed by atoms with Gasteiger partial charge in [0.1, 0.15) is 5.75 Å². The maximum Gasteiger partial charge on any atom is 0.359 e. The third-order valence-electron chi connectivity index (χ3n) is 6.40. The Morgan fingerprint density at radius 1 is 1.23 bits per heavy atom. The van der Waals surface area contributed by atoms with E-state index in [1.54, 1.807) is 0 Å². The van der Waals surface area contributed by atoms with Crippen molar-refractivity contribution in [2.45, 2.75) is 77.9 Å². The van der Waals surface area contributed by atoms with Crippen molar-refractivity contribution >= 4 is 17.6 Å². The summed E-state index contributed by atoms with van der Waals surface area (Å²) >= 11 is 6.28. The smallest absolute Gasteiger partial charge is 0.359 e. The SMILES string of the molecule is CCOC(=O)c1nn(CCC2CCC(Oc3cc(C)ccc3Cl)CC2)c2c1CCC2. The largest absolute Gasteiger partial charge is 0.489 e. The van der Waals surface area contributed by atoms with Gasteiger partial charge in [0.2, 0.25) is 0 Å². The molecule has 0 aliphatic heterocycles. The summed E-state index contributed by atoms with van der Waals surface area (Å²) in [6.07, 6.45) is 8.81. The molecule has 0 N–H and O–H groups in total. The molecule has 0 radical (unpaired) electrons. The van der Waals surface area contributed by atoms with Crippen LogP contribution in [0.15, 0.2) is 18.2 Å². The zero-order chi connectivity index (χ0) is 21.1. The van der Waals surface area contributed by atoms with Gasteiger partial charge in [-0.25, -0.2) is 4.79 Å². The van der Waals surface area contributed by atoms with Crippen molar-refractivity contribution in [2.24, 2.45) is 5.92 Å². The molecule has 30 heavy (non-hydrogen) atoms. The number of esters is 1. The van der Waals surface area contributed by atoms with Gasteiger partial charge in [-0.3, -0.25) is 4.68 Å². The van der Waals surface area contributed by atoms with Gasteiger partial charge in [0.15, 0.2) is 5.69 Å². The number of rotatable bonds is 7. The number of carbonyl (C=O) groups excluding carboxylic acids is 1. The van der Waals surface area contributed by atoms with E-state index in [9.17, 15) is 4.79 Å². The maximum absolute atomic E-state index is 12.2. The lowest BCUT2D eigenvalue weighted by molar-refractivity contribution is 0.0517. The number of hydrogen-bond acceptors (Lipinski definition) is 4. The third kappa shape index (κ3) is 4.66. The second kappa shape index (κ2) is 9.42. The minimum Gasteiger partial charge on any atom is -0.489 e. The lowest BCUT2D eigenvalue weighted by atomic mass is 9.85. The number of carbonyl (C=O) groups is 1. The van der Waals surface area contributed by atoms with Crippen molar-refractivity contribution in [1.82, 2.24) is 9.78 Å². The first-order valence-electron chi connectivity index (χ1n) is 11.2. The highest BCUT2D eigenvalue weighted by Gasteiger charge is 2.28. The van der Waals surface area contributed by atoms with Crippen molar-refractivity contribution in [2.75, 3.05) is 6.61 Å². The van der Waals surface area contributed by atoms with Crippen molar-refractivity contribution in [3.8, 4) is 5.75 Å². The summed E-state index contributed by atoms with van der Waals surface area (Å²) in [4.78, 5) is 12.2. The van der Waals surface area contributed by atoms with Crippen LogP contribution in [-0.4, -0.2) is 28.5 Å². The van der Waals surface area contributed by atoms with Gasteiger partial charge >= 0.3 is 5.97 Å². The highest BCUT2D eigenvalue weighted by atomic mass is 35.5. The lowest BCUT2D eigenvalue weighted by Crippen LogP contribution is -2.25. The molecule has 1 aromatic carbocycles. The van der Waals surface area contributed by atoms with E-state index >= 15 is 0 Å². The van der Waals surface area contributed by atoms with Crippen molar-refractivity contribution in [3.05, 3.63) is 45.7 Å². The van der Waals surface area contributed by atoms with Crippen LogP contribution in [-0.2, 0) is 24.1 Å².